The monoisotopic (exact) mass is 237 g/mol. The second-order valence-electron chi connectivity index (χ2n) is 4.20. The topological polar surface area (TPSA) is 55.4 Å². The third kappa shape index (κ3) is 2.70. The highest BCUT2D eigenvalue weighted by Crippen LogP contribution is 2.12. The van der Waals surface area contributed by atoms with Crippen LogP contribution >= 0.6 is 0 Å². The molecule has 2 N–H and O–H groups in total. The van der Waals surface area contributed by atoms with E-state index in [4.69, 9.17) is 14.6 Å². The smallest absolute Gasteiger partial charge is 0.454 e. The van der Waals surface area contributed by atoms with Crippen LogP contribution in [-0.2, 0) is 7.05 Å². The number of aryl methyl sites for hydroxylation is 1. The highest BCUT2D eigenvalue weighted by Gasteiger charge is 2.23. The van der Waals surface area contributed by atoms with Crippen LogP contribution in [0.15, 0.2) is 20.6 Å². The van der Waals surface area contributed by atoms with Crippen LogP contribution in [0.2, 0.25) is 0 Å². The number of nitrogens with two attached hydrogens (primary N) is 1. The van der Waals surface area contributed by atoms with Gasteiger partial charge < -0.3 is 5.73 Å². The van der Waals surface area contributed by atoms with Gasteiger partial charge in [0.2, 0.25) is 0 Å². The molecule has 0 unspecified atom stereocenters. The summed E-state index contributed by atoms with van der Waals surface area (Å²) in [6.07, 6.45) is 2.25. The van der Waals surface area contributed by atoms with Gasteiger partial charge in [-0.1, -0.05) is 18.7 Å². The molecule has 0 amide bonds. The molecule has 4 heteroatoms. The molecule has 4 nitrogen and oxygen atoms in total. The van der Waals surface area contributed by atoms with Crippen molar-refractivity contribution < 1.29 is 4.42 Å². The number of rotatable bonds is 2. The van der Waals surface area contributed by atoms with Gasteiger partial charge in [0.25, 0.3) is 0 Å². The third-order valence-corrected chi connectivity index (χ3v) is 3.13. The van der Waals surface area contributed by atoms with Gasteiger partial charge in [0.1, 0.15) is 11.3 Å². The van der Waals surface area contributed by atoms with Crippen LogP contribution in [0.1, 0.15) is 30.9 Å². The van der Waals surface area contributed by atoms with E-state index in [0.29, 0.717) is 5.76 Å². The summed E-state index contributed by atoms with van der Waals surface area (Å²) in [4.78, 5) is 0. The van der Waals surface area contributed by atoms with Gasteiger partial charge in [0.15, 0.2) is 6.10 Å². The molecule has 17 heavy (non-hydrogen) atoms. The second-order valence-corrected chi connectivity index (χ2v) is 4.20. The average Bonchev–Trinajstić information content (AvgIpc) is 2.32. The molecule has 0 fully saturated rings. The molecule has 0 aliphatic heterocycles. The van der Waals surface area contributed by atoms with E-state index < -0.39 is 0 Å². The van der Waals surface area contributed by atoms with Crippen molar-refractivity contribution >= 4 is 0 Å². The molecule has 0 spiro atoms. The predicted octanol–water partition coefficient (Wildman–Crippen LogP) is 2.13. The average molecular weight is 237 g/mol. The Balaban J connectivity index is 3.38. The lowest BCUT2D eigenvalue weighted by atomic mass is 10.2. The molecule has 0 aromatic carbocycles. The Hall–Kier alpha value is -1.71. The zero-order chi connectivity index (χ0) is 13.2. The van der Waals surface area contributed by atoms with Crippen LogP contribution < -0.4 is 11.5 Å². The first-order valence-electron chi connectivity index (χ1n) is 5.58. The van der Waals surface area contributed by atoms with Gasteiger partial charge in [-0.2, -0.15) is 0 Å². The number of aromatic nitrogens is 1. The Morgan fingerprint density at radius 2 is 2.12 bits per heavy atom. The van der Waals surface area contributed by atoms with Crippen LogP contribution in [0.5, 0.6) is 0 Å². The minimum atomic E-state index is 0.462. The molecular weight excluding hydrogens is 216 g/mol. The molecule has 0 bridgehead atoms. The van der Waals surface area contributed by atoms with Gasteiger partial charge in [-0.15, -0.1) is 8.98 Å². The van der Waals surface area contributed by atoms with Crippen molar-refractivity contribution in [1.82, 2.24) is 4.57 Å². The minimum absolute atomic E-state index is 0.462. The first-order valence-corrected chi connectivity index (χ1v) is 5.58. The first kappa shape index (κ1) is 13.4. The highest BCUT2D eigenvalue weighted by molar-refractivity contribution is 5.24. The fraction of sp³-hybridized carbons (Fsp3) is 0.462. The van der Waals surface area contributed by atoms with E-state index in [-0.39, 0.29) is 0 Å². The summed E-state index contributed by atoms with van der Waals surface area (Å²) in [6, 6.07) is 0. The van der Waals surface area contributed by atoms with Gasteiger partial charge in [0, 0.05) is 6.92 Å². The SMILES string of the molecule is CC(=CN)[C-](C)[O+]=c1o[c+](C)c(C)c(C)n1C. The summed E-state index contributed by atoms with van der Waals surface area (Å²) in [6.45, 7) is 9.74. The number of nitrogens with zero attached hydrogens (tertiary/aromatic N) is 1. The van der Waals surface area contributed by atoms with Gasteiger partial charge >= 0.3 is 11.5 Å². The second kappa shape index (κ2) is 5.08. The van der Waals surface area contributed by atoms with E-state index in [1.165, 1.54) is 6.20 Å². The summed E-state index contributed by atoms with van der Waals surface area (Å²) in [7, 11) is 1.91. The molecule has 1 aromatic rings. The van der Waals surface area contributed by atoms with Crippen molar-refractivity contribution in [3.63, 3.8) is 0 Å². The number of hydrogen-bond donors (Lipinski definition) is 1. The molecule has 0 atom stereocenters. The van der Waals surface area contributed by atoms with Crippen molar-refractivity contribution in [3.05, 3.63) is 45.1 Å². The molecule has 0 saturated heterocycles. The van der Waals surface area contributed by atoms with E-state index in [2.05, 4.69) is 0 Å². The van der Waals surface area contributed by atoms with E-state index >= 15 is 0 Å². The minimum Gasteiger partial charge on any atom is -0.454 e. The summed E-state index contributed by atoms with van der Waals surface area (Å²) >= 11 is 0. The highest BCUT2D eigenvalue weighted by atomic mass is 16.5. The van der Waals surface area contributed by atoms with E-state index in [1.807, 2.05) is 46.2 Å². The van der Waals surface area contributed by atoms with Crippen molar-refractivity contribution in [2.45, 2.75) is 34.6 Å². The van der Waals surface area contributed by atoms with Crippen molar-refractivity contribution in [2.75, 3.05) is 0 Å². The lowest BCUT2D eigenvalue weighted by molar-refractivity contribution is 0.409. The molecule has 1 heterocycles. The lowest BCUT2D eigenvalue weighted by Crippen LogP contribution is -2.22. The van der Waals surface area contributed by atoms with Crippen LogP contribution in [0, 0.1) is 26.9 Å². The van der Waals surface area contributed by atoms with Gasteiger partial charge in [-0.05, 0) is 13.8 Å². The molecule has 0 saturated carbocycles. The normalized spacial score (nSPS) is 13.1. The maximum atomic E-state index is 5.68. The van der Waals surface area contributed by atoms with E-state index in [0.717, 1.165) is 28.7 Å². The molecule has 0 aliphatic carbocycles. The summed E-state index contributed by atoms with van der Waals surface area (Å²) in [5, 5.41) is 0. The number of hydrogen-bond acceptors (Lipinski definition) is 2. The van der Waals surface area contributed by atoms with Gasteiger partial charge in [0.05, 0.1) is 14.0 Å². The van der Waals surface area contributed by atoms with E-state index in [9.17, 15) is 0 Å². The Bertz CT molecular complexity index is 513. The molecule has 1 rings (SSSR count). The van der Waals surface area contributed by atoms with Crippen molar-refractivity contribution in [1.29, 1.82) is 0 Å². The first-order chi connectivity index (χ1) is 7.88. The van der Waals surface area contributed by atoms with Crippen LogP contribution in [0.4, 0.5) is 0 Å². The van der Waals surface area contributed by atoms with Gasteiger partial charge in [-0.25, -0.2) is 0 Å². The fourth-order valence-electron chi connectivity index (χ4n) is 1.34. The summed E-state index contributed by atoms with van der Waals surface area (Å²) in [5.41, 5.74) is 8.58. The van der Waals surface area contributed by atoms with Crippen LogP contribution in [0.25, 0.3) is 0 Å². The molecule has 0 aliphatic rings. The summed E-state index contributed by atoms with van der Waals surface area (Å²) in [5.74, 6) is 1.32. The van der Waals surface area contributed by atoms with Crippen molar-refractivity contribution in [3.8, 4) is 0 Å². The Kier molecular flexibility index (Phi) is 3.99. The lowest BCUT2D eigenvalue weighted by Gasteiger charge is -2.02. The standard InChI is InChI=1S/C13H21N2O2/c1-8(7-14)11(4)16-13-15(6)10(3)9(2)12(5)17-13/h7H,14H2,1-6H3/q+1. The zero-order valence-electron chi connectivity index (χ0n) is 11.4. The molecule has 94 valence electrons. The maximum Gasteiger partial charge on any atom is 0.715 e. The molecule has 1 aromatic heterocycles. The van der Waals surface area contributed by atoms with E-state index in [1.54, 1.807) is 0 Å². The zero-order valence-corrected chi connectivity index (χ0v) is 11.4. The Morgan fingerprint density at radius 3 is 2.65 bits per heavy atom. The molecular formula is C13H21N2O2+. The van der Waals surface area contributed by atoms with Gasteiger partial charge in [-0.3, -0.25) is 4.42 Å². The predicted molar refractivity (Wildman–Crippen MR) is 69.4 cm³/mol. The Morgan fingerprint density at radius 1 is 1.53 bits per heavy atom. The quantitative estimate of drug-likeness (QED) is 0.633. The van der Waals surface area contributed by atoms with Crippen LogP contribution in [-0.4, -0.2) is 4.57 Å². The van der Waals surface area contributed by atoms with Crippen LogP contribution in [0.3, 0.4) is 0 Å². The summed E-state index contributed by atoms with van der Waals surface area (Å²) < 4.78 is 13.2. The largest absolute Gasteiger partial charge is 0.715 e. The maximum absolute atomic E-state index is 5.68. The third-order valence-electron chi connectivity index (χ3n) is 3.13. The van der Waals surface area contributed by atoms with Crippen molar-refractivity contribution in [2.24, 2.45) is 12.8 Å². The fourth-order valence-corrected chi connectivity index (χ4v) is 1.34. The Labute approximate surface area is 102 Å². The molecule has 0 radical (unpaired) electrons.